The van der Waals surface area contributed by atoms with E-state index in [0.717, 1.165) is 66.8 Å². The molecule has 0 aliphatic rings. The van der Waals surface area contributed by atoms with Gasteiger partial charge >= 0.3 is 6.01 Å². The Labute approximate surface area is 765 Å². The monoisotopic (exact) mass is 1770 g/mol. The van der Waals surface area contributed by atoms with E-state index in [1.165, 1.54) is 174 Å². The predicted octanol–water partition coefficient (Wildman–Crippen LogP) is 32.7. The van der Waals surface area contributed by atoms with Crippen molar-refractivity contribution in [3.05, 3.63) is 400 Å². The zero-order chi connectivity index (χ0) is 85.9. The number of benzene rings is 18. The standard InChI is InChI=1S/C39H24N4S.2C25H14N2OS.C25H14N2S2/c1-3-11-25(12-4-1)37-40-38(26-13-5-2-6-14-26)42-39(41-37)27-19-21-28(22-20-27)43-33-17-9-7-15-29(33)31-23-32-30-16-8-10-18-35(30)44-36(32)24-34(31)43;1-4-10-20-15(7-1)17-13-18-16-8-2-6-12-23(16)29-24(18)14-21(17)27(20)25-26-19-9-3-5-11-22(19)28-25;1-3-7-21-16(5-1)18-12-19-17-6-2-4-8-24(17)29-25(19)13-22(18)27(21)15-9-10-23-20(11-15)26-14-28-23;1-3-7-21-16(5-1)18-12-19-17-6-2-4-8-23(17)29-24(19)13-22(18)27(21)15-9-10-20-25(11-15)28-14-26-20/h1-24H;3*1-14H. The van der Waals surface area contributed by atoms with E-state index in [1.54, 1.807) is 11.3 Å². The van der Waals surface area contributed by atoms with Gasteiger partial charge in [0.2, 0.25) is 0 Å². The minimum atomic E-state index is 0.609. The van der Waals surface area contributed by atoms with E-state index in [0.29, 0.717) is 23.5 Å². The van der Waals surface area contributed by atoms with E-state index < -0.39 is 0 Å². The molecule has 0 fully saturated rings. The maximum Gasteiger partial charge on any atom is 0.307 e. The van der Waals surface area contributed by atoms with Crippen LogP contribution in [0.25, 0.3) is 258 Å². The van der Waals surface area contributed by atoms with Crippen molar-refractivity contribution in [1.29, 1.82) is 0 Å². The van der Waals surface area contributed by atoms with Crippen LogP contribution in [-0.2, 0) is 0 Å². The van der Waals surface area contributed by atoms with Crippen molar-refractivity contribution in [1.82, 2.24) is 48.2 Å². The van der Waals surface area contributed by atoms with Gasteiger partial charge < -0.3 is 22.5 Å². The highest BCUT2D eigenvalue weighted by molar-refractivity contribution is 7.27. The van der Waals surface area contributed by atoms with Crippen LogP contribution in [0, 0.1) is 0 Å². The van der Waals surface area contributed by atoms with Crippen LogP contribution in [0.5, 0.6) is 0 Å². The molecule has 0 unspecified atom stereocenters. The molecule has 18 aromatic carbocycles. The molecular formula is C114H66N10O2S5. The summed E-state index contributed by atoms with van der Waals surface area (Å²) in [6, 6.07) is 138. The molecule has 131 heavy (non-hydrogen) atoms. The average molecular weight is 1770 g/mol. The van der Waals surface area contributed by atoms with Crippen molar-refractivity contribution >= 4 is 257 Å². The molecule has 30 aromatic rings. The summed E-state index contributed by atoms with van der Waals surface area (Å²) in [7, 11) is 0. The van der Waals surface area contributed by atoms with Gasteiger partial charge in [0.15, 0.2) is 35.0 Å². The highest BCUT2D eigenvalue weighted by atomic mass is 32.1. The molecule has 12 heterocycles. The van der Waals surface area contributed by atoms with Crippen LogP contribution >= 0.6 is 56.7 Å². The highest BCUT2D eigenvalue weighted by Crippen LogP contribution is 2.47. The summed E-state index contributed by atoms with van der Waals surface area (Å²) < 4.78 is 32.6. The summed E-state index contributed by atoms with van der Waals surface area (Å²) in [4.78, 5) is 28.2. The van der Waals surface area contributed by atoms with Crippen LogP contribution < -0.4 is 0 Å². The lowest BCUT2D eigenvalue weighted by molar-refractivity contribution is 0.574. The second-order valence-electron chi connectivity index (χ2n) is 32.8. The first-order valence-electron chi connectivity index (χ1n) is 43.3. The molecule has 0 aliphatic heterocycles. The third kappa shape index (κ3) is 12.4. The summed E-state index contributed by atoms with van der Waals surface area (Å²) in [6.07, 6.45) is 1.50. The summed E-state index contributed by atoms with van der Waals surface area (Å²) in [5.41, 5.74) is 22.1. The number of thiazole rings is 1. The van der Waals surface area contributed by atoms with Crippen LogP contribution in [0.15, 0.2) is 409 Å². The molecule has 614 valence electrons. The summed E-state index contributed by atoms with van der Waals surface area (Å²) in [6.45, 7) is 0. The third-order valence-corrected chi connectivity index (χ3v) is 30.7. The van der Waals surface area contributed by atoms with Gasteiger partial charge in [0.25, 0.3) is 0 Å². The lowest BCUT2D eigenvalue weighted by atomic mass is 10.1. The SMILES string of the molecule is c1ccc(-c2nc(-c3ccccc3)nc(-c3ccc(-n4c5ccccc5c5cc6c(cc54)sc4ccccc46)cc3)n2)cc1.c1ccc2c(c1)sc1cc3c(cc12)c1ccccc1n3-c1ccc2ncsc2c1.c1ccc2c(c1)sc1cc3c(cc12)c1ccccc1n3-c1ccc2ocnc2c1.c1ccc2oc(-n3c4ccccc4c4cc5c(cc43)sc3ccccc35)nc2c1. The molecule has 0 aliphatic carbocycles. The van der Waals surface area contributed by atoms with E-state index in [-0.39, 0.29) is 0 Å². The zero-order valence-corrected chi connectivity index (χ0v) is 73.5. The number of aromatic nitrogens is 10. The minimum absolute atomic E-state index is 0.609. The van der Waals surface area contributed by atoms with Gasteiger partial charge in [-0.1, -0.05) is 218 Å². The summed E-state index contributed by atoms with van der Waals surface area (Å²) in [5.74, 6) is 1.97. The minimum Gasteiger partial charge on any atom is -0.443 e. The Morgan fingerprint density at radius 3 is 1.02 bits per heavy atom. The number of hydrogen-bond donors (Lipinski definition) is 0. The lowest BCUT2D eigenvalue weighted by Crippen LogP contribution is -2.00. The molecule has 0 N–H and O–H groups in total. The van der Waals surface area contributed by atoms with Crippen molar-refractivity contribution in [2.75, 3.05) is 0 Å². The Morgan fingerprint density at radius 2 is 0.565 bits per heavy atom. The molecule has 0 atom stereocenters. The van der Waals surface area contributed by atoms with Crippen LogP contribution in [0.4, 0.5) is 0 Å². The van der Waals surface area contributed by atoms with Crippen LogP contribution in [0.3, 0.4) is 0 Å². The highest BCUT2D eigenvalue weighted by Gasteiger charge is 2.24. The number of hydrogen-bond acceptors (Lipinski definition) is 13. The van der Waals surface area contributed by atoms with Gasteiger partial charge in [-0.2, -0.15) is 4.98 Å². The van der Waals surface area contributed by atoms with E-state index in [2.05, 4.69) is 325 Å². The zero-order valence-electron chi connectivity index (χ0n) is 69.4. The van der Waals surface area contributed by atoms with Crippen LogP contribution in [0.2, 0.25) is 0 Å². The molecule has 0 amide bonds. The topological polar surface area (TPSA) is 123 Å². The largest absolute Gasteiger partial charge is 0.443 e. The Hall–Kier alpha value is -16.1. The predicted molar refractivity (Wildman–Crippen MR) is 553 cm³/mol. The van der Waals surface area contributed by atoms with Crippen molar-refractivity contribution < 1.29 is 8.83 Å². The average Bonchev–Trinajstić information content (AvgIpc) is 1.58. The smallest absolute Gasteiger partial charge is 0.307 e. The third-order valence-electron chi connectivity index (χ3n) is 25.4. The van der Waals surface area contributed by atoms with Crippen LogP contribution in [-0.4, -0.2) is 48.2 Å². The molecule has 12 aromatic heterocycles. The lowest BCUT2D eigenvalue weighted by Gasteiger charge is -2.11. The Kier molecular flexibility index (Phi) is 17.4. The van der Waals surface area contributed by atoms with E-state index >= 15 is 0 Å². The number of nitrogens with zero attached hydrogens (tertiary/aromatic N) is 10. The Balaban J connectivity index is 0.0000000912. The number of oxazole rings is 2. The first-order valence-corrected chi connectivity index (χ1v) is 47.4. The fourth-order valence-corrected chi connectivity index (χ4v) is 24.6. The van der Waals surface area contributed by atoms with Gasteiger partial charge in [-0.25, -0.2) is 24.9 Å². The fraction of sp³-hybridized carbons (Fsp3) is 0. The number of thiophene rings is 4. The van der Waals surface area contributed by atoms with E-state index in [9.17, 15) is 0 Å². The van der Waals surface area contributed by atoms with Crippen molar-refractivity contribution in [3.8, 4) is 57.2 Å². The number of para-hydroxylation sites is 6. The fourth-order valence-electron chi connectivity index (χ4n) is 19.4. The second kappa shape index (κ2) is 30.3. The van der Waals surface area contributed by atoms with Crippen LogP contribution in [0.1, 0.15) is 0 Å². The normalized spacial score (nSPS) is 12.0. The van der Waals surface area contributed by atoms with Gasteiger partial charge in [-0.3, -0.25) is 4.57 Å². The van der Waals surface area contributed by atoms with Gasteiger partial charge in [-0.05, 0) is 170 Å². The molecule has 30 rings (SSSR count). The van der Waals surface area contributed by atoms with Gasteiger partial charge in [0.05, 0.1) is 59.9 Å². The maximum atomic E-state index is 6.15. The molecule has 12 nitrogen and oxygen atoms in total. The second-order valence-corrected chi connectivity index (χ2v) is 38.0. The first kappa shape index (κ1) is 75.1. The quantitative estimate of drug-likeness (QED) is 0.155. The molecule has 17 heteroatoms. The summed E-state index contributed by atoms with van der Waals surface area (Å²) in [5, 5.41) is 20.7. The summed E-state index contributed by atoms with van der Waals surface area (Å²) >= 11 is 9.10. The molecule has 0 bridgehead atoms. The molecule has 0 saturated heterocycles. The van der Waals surface area contributed by atoms with Gasteiger partial charge in [0, 0.05) is 158 Å². The number of rotatable bonds is 7. The van der Waals surface area contributed by atoms with E-state index in [1.807, 2.05) is 142 Å². The Morgan fingerprint density at radius 1 is 0.206 bits per heavy atom. The molecule has 0 saturated carbocycles. The number of fused-ring (bicyclic) bond motifs is 27. The van der Waals surface area contributed by atoms with Gasteiger partial charge in [0.1, 0.15) is 11.0 Å². The van der Waals surface area contributed by atoms with Crippen molar-refractivity contribution in [2.45, 2.75) is 0 Å². The molecular weight excluding hydrogens is 1700 g/mol. The first-order chi connectivity index (χ1) is 64.9. The molecule has 0 radical (unpaired) electrons. The maximum absolute atomic E-state index is 6.15. The van der Waals surface area contributed by atoms with Crippen molar-refractivity contribution in [2.24, 2.45) is 0 Å². The Bertz CT molecular complexity index is 9260. The molecule has 0 spiro atoms. The van der Waals surface area contributed by atoms with Crippen molar-refractivity contribution in [3.63, 3.8) is 0 Å². The van der Waals surface area contributed by atoms with Gasteiger partial charge in [-0.15, -0.1) is 56.7 Å². The van der Waals surface area contributed by atoms with E-state index in [4.69, 9.17) is 28.8 Å².